The average molecular weight is 262 g/mol. The predicted molar refractivity (Wildman–Crippen MR) is 59.3 cm³/mol. The van der Waals surface area contributed by atoms with Crippen LogP contribution in [0.1, 0.15) is 25.1 Å². The van der Waals surface area contributed by atoms with Gasteiger partial charge in [-0.2, -0.15) is 0 Å². The van der Waals surface area contributed by atoms with Crippen LogP contribution < -0.4 is 5.32 Å². The Kier molecular flexibility index (Phi) is 5.22. The molecule has 1 rings (SSSR count). The van der Waals surface area contributed by atoms with Gasteiger partial charge in [0.05, 0.1) is 23.4 Å². The number of ether oxygens (including phenoxy) is 1. The summed E-state index contributed by atoms with van der Waals surface area (Å²) in [7, 11) is 1.69. The summed E-state index contributed by atoms with van der Waals surface area (Å²) in [4.78, 5) is 0. The highest BCUT2D eigenvalue weighted by atomic mass is 79.9. The molecular formula is C10H16BrNO2. The standard InChI is InChI=1S/C10H16BrNO2/c1-3-5-12-9(7-13-2)10-8(11)4-6-14-10/h4,6,9,12H,3,5,7H2,1-2H3. The van der Waals surface area contributed by atoms with Crippen LogP contribution in [0.3, 0.4) is 0 Å². The van der Waals surface area contributed by atoms with Crippen LogP contribution in [0, 0.1) is 0 Å². The van der Waals surface area contributed by atoms with Gasteiger partial charge in [-0.15, -0.1) is 0 Å². The molecule has 1 aromatic heterocycles. The maximum absolute atomic E-state index is 5.39. The van der Waals surface area contributed by atoms with Crippen LogP contribution in [-0.2, 0) is 4.74 Å². The first-order valence-corrected chi connectivity index (χ1v) is 5.54. The van der Waals surface area contributed by atoms with Crippen molar-refractivity contribution in [2.24, 2.45) is 0 Å². The highest BCUT2D eigenvalue weighted by molar-refractivity contribution is 9.10. The lowest BCUT2D eigenvalue weighted by Gasteiger charge is -2.15. The normalized spacial score (nSPS) is 13.1. The van der Waals surface area contributed by atoms with Gasteiger partial charge in [-0.05, 0) is 35.0 Å². The molecule has 0 aliphatic heterocycles. The van der Waals surface area contributed by atoms with Crippen molar-refractivity contribution in [1.82, 2.24) is 5.32 Å². The van der Waals surface area contributed by atoms with Crippen molar-refractivity contribution in [3.63, 3.8) is 0 Å². The van der Waals surface area contributed by atoms with Crippen molar-refractivity contribution in [1.29, 1.82) is 0 Å². The summed E-state index contributed by atoms with van der Waals surface area (Å²) in [5.41, 5.74) is 0. The zero-order valence-corrected chi connectivity index (χ0v) is 10.1. The smallest absolute Gasteiger partial charge is 0.137 e. The first kappa shape index (κ1) is 11.8. The highest BCUT2D eigenvalue weighted by Crippen LogP contribution is 2.24. The molecule has 0 aliphatic rings. The Balaban J connectivity index is 2.62. The van der Waals surface area contributed by atoms with Crippen LogP contribution in [0.15, 0.2) is 21.2 Å². The molecule has 1 unspecified atom stereocenters. The molecule has 1 atom stereocenters. The van der Waals surface area contributed by atoms with Crippen LogP contribution in [0.25, 0.3) is 0 Å². The Morgan fingerprint density at radius 3 is 2.93 bits per heavy atom. The molecular weight excluding hydrogens is 246 g/mol. The summed E-state index contributed by atoms with van der Waals surface area (Å²) in [6.45, 7) is 3.71. The Morgan fingerprint density at radius 1 is 1.64 bits per heavy atom. The second-order valence-electron chi connectivity index (χ2n) is 3.09. The minimum Gasteiger partial charge on any atom is -0.466 e. The lowest BCUT2D eigenvalue weighted by atomic mass is 10.2. The molecule has 1 aromatic rings. The van der Waals surface area contributed by atoms with E-state index in [9.17, 15) is 0 Å². The van der Waals surface area contributed by atoms with Gasteiger partial charge in [0.15, 0.2) is 0 Å². The molecule has 0 saturated carbocycles. The number of hydrogen-bond donors (Lipinski definition) is 1. The van der Waals surface area contributed by atoms with E-state index in [0.717, 1.165) is 23.2 Å². The van der Waals surface area contributed by atoms with Gasteiger partial charge >= 0.3 is 0 Å². The maximum atomic E-state index is 5.39. The van der Waals surface area contributed by atoms with Crippen LogP contribution in [0.2, 0.25) is 0 Å². The van der Waals surface area contributed by atoms with Gasteiger partial charge in [0, 0.05) is 7.11 Å². The van der Waals surface area contributed by atoms with E-state index in [0.29, 0.717) is 6.61 Å². The summed E-state index contributed by atoms with van der Waals surface area (Å²) in [6.07, 6.45) is 2.77. The Bertz CT molecular complexity index is 262. The molecule has 0 amide bonds. The molecule has 4 heteroatoms. The second-order valence-corrected chi connectivity index (χ2v) is 3.95. The Hall–Kier alpha value is -0.320. The third-order valence-corrected chi connectivity index (χ3v) is 2.59. The average Bonchev–Trinajstić information content (AvgIpc) is 2.59. The summed E-state index contributed by atoms with van der Waals surface area (Å²) in [6, 6.07) is 2.02. The molecule has 0 saturated heterocycles. The van der Waals surface area contributed by atoms with Gasteiger partial charge in [0.2, 0.25) is 0 Å². The van der Waals surface area contributed by atoms with E-state index < -0.39 is 0 Å². The van der Waals surface area contributed by atoms with Crippen LogP contribution in [0.4, 0.5) is 0 Å². The van der Waals surface area contributed by atoms with E-state index in [1.165, 1.54) is 0 Å². The van der Waals surface area contributed by atoms with Crippen molar-refractivity contribution in [2.75, 3.05) is 20.3 Å². The van der Waals surface area contributed by atoms with E-state index in [-0.39, 0.29) is 6.04 Å². The molecule has 0 fully saturated rings. The fourth-order valence-corrected chi connectivity index (χ4v) is 1.74. The monoisotopic (exact) mass is 261 g/mol. The molecule has 14 heavy (non-hydrogen) atoms. The van der Waals surface area contributed by atoms with Crippen molar-refractivity contribution in [3.8, 4) is 0 Å². The fourth-order valence-electron chi connectivity index (χ4n) is 1.27. The minimum atomic E-state index is 0.129. The molecule has 0 radical (unpaired) electrons. The lowest BCUT2D eigenvalue weighted by Crippen LogP contribution is -2.25. The van der Waals surface area contributed by atoms with Gasteiger partial charge in [-0.3, -0.25) is 0 Å². The van der Waals surface area contributed by atoms with Crippen LogP contribution >= 0.6 is 15.9 Å². The predicted octanol–water partition coefficient (Wildman–Crippen LogP) is 2.73. The van der Waals surface area contributed by atoms with Gasteiger partial charge in [0.25, 0.3) is 0 Å². The van der Waals surface area contributed by atoms with Crippen molar-refractivity contribution in [3.05, 3.63) is 22.6 Å². The SMILES string of the molecule is CCCNC(COC)c1occc1Br. The van der Waals surface area contributed by atoms with Crippen molar-refractivity contribution < 1.29 is 9.15 Å². The van der Waals surface area contributed by atoms with E-state index in [2.05, 4.69) is 28.2 Å². The lowest BCUT2D eigenvalue weighted by molar-refractivity contribution is 0.157. The number of furan rings is 1. The fraction of sp³-hybridized carbons (Fsp3) is 0.600. The van der Waals surface area contributed by atoms with Gasteiger partial charge in [0.1, 0.15) is 5.76 Å². The summed E-state index contributed by atoms with van der Waals surface area (Å²) in [5, 5.41) is 3.36. The zero-order chi connectivity index (χ0) is 10.4. The quantitative estimate of drug-likeness (QED) is 0.856. The van der Waals surface area contributed by atoms with Gasteiger partial charge in [-0.1, -0.05) is 6.92 Å². The first-order valence-electron chi connectivity index (χ1n) is 4.74. The molecule has 0 spiro atoms. The van der Waals surface area contributed by atoms with Crippen molar-refractivity contribution >= 4 is 15.9 Å². The molecule has 1 heterocycles. The topological polar surface area (TPSA) is 34.4 Å². The van der Waals surface area contributed by atoms with Gasteiger partial charge in [-0.25, -0.2) is 0 Å². The van der Waals surface area contributed by atoms with E-state index in [1.54, 1.807) is 13.4 Å². The van der Waals surface area contributed by atoms with E-state index >= 15 is 0 Å². The van der Waals surface area contributed by atoms with Gasteiger partial charge < -0.3 is 14.5 Å². The molecule has 1 N–H and O–H groups in total. The molecule has 0 bridgehead atoms. The number of rotatable bonds is 6. The third-order valence-electron chi connectivity index (χ3n) is 1.94. The molecule has 0 aromatic carbocycles. The van der Waals surface area contributed by atoms with E-state index in [1.807, 2.05) is 6.07 Å². The summed E-state index contributed by atoms with van der Waals surface area (Å²) < 4.78 is 11.5. The van der Waals surface area contributed by atoms with Crippen LogP contribution in [0.5, 0.6) is 0 Å². The number of methoxy groups -OCH3 is 1. The number of hydrogen-bond acceptors (Lipinski definition) is 3. The highest BCUT2D eigenvalue weighted by Gasteiger charge is 2.16. The van der Waals surface area contributed by atoms with E-state index in [4.69, 9.17) is 9.15 Å². The largest absolute Gasteiger partial charge is 0.466 e. The molecule has 80 valence electrons. The summed E-state index contributed by atoms with van der Waals surface area (Å²) in [5.74, 6) is 0.903. The Morgan fingerprint density at radius 2 is 2.43 bits per heavy atom. The molecule has 0 aliphatic carbocycles. The second kappa shape index (κ2) is 6.22. The first-order chi connectivity index (χ1) is 6.79. The third kappa shape index (κ3) is 3.12. The number of nitrogens with one attached hydrogen (secondary N) is 1. The number of halogens is 1. The molecule has 3 nitrogen and oxygen atoms in total. The van der Waals surface area contributed by atoms with Crippen LogP contribution in [-0.4, -0.2) is 20.3 Å². The summed E-state index contributed by atoms with van der Waals surface area (Å²) >= 11 is 3.44. The zero-order valence-electron chi connectivity index (χ0n) is 8.55. The minimum absolute atomic E-state index is 0.129. The maximum Gasteiger partial charge on any atom is 0.137 e. The Labute approximate surface area is 92.9 Å². The van der Waals surface area contributed by atoms with Crippen molar-refractivity contribution in [2.45, 2.75) is 19.4 Å².